The third-order valence-electron chi connectivity index (χ3n) is 2.30. The van der Waals surface area contributed by atoms with Crippen LogP contribution in [0.3, 0.4) is 0 Å². The Morgan fingerprint density at radius 2 is 1.46 bits per heavy atom. The van der Waals surface area contributed by atoms with Crippen molar-refractivity contribution in [2.24, 2.45) is 0 Å². The molecule has 12 heteroatoms. The van der Waals surface area contributed by atoms with Crippen LogP contribution < -0.4 is 0 Å². The molecule has 0 aliphatic carbocycles. The van der Waals surface area contributed by atoms with Gasteiger partial charge in [-0.1, -0.05) is 0 Å². The van der Waals surface area contributed by atoms with E-state index in [0.29, 0.717) is 6.42 Å². The summed E-state index contributed by atoms with van der Waals surface area (Å²) in [4.78, 5) is 0. The van der Waals surface area contributed by atoms with E-state index < -0.39 is 51.2 Å². The third kappa shape index (κ3) is 17.9. The molecule has 0 saturated heterocycles. The minimum atomic E-state index is -3.95. The van der Waals surface area contributed by atoms with E-state index in [1.54, 1.807) is 6.92 Å². The van der Waals surface area contributed by atoms with Crippen molar-refractivity contribution in [3.05, 3.63) is 0 Å². The quantitative estimate of drug-likeness (QED) is 0.443. The lowest BCUT2D eigenvalue weighted by Crippen LogP contribution is -2.21. The molecular formula is C12H26F2O8S2. The van der Waals surface area contributed by atoms with E-state index in [-0.39, 0.29) is 25.7 Å². The van der Waals surface area contributed by atoms with Crippen molar-refractivity contribution < 1.29 is 44.2 Å². The third-order valence-corrected chi connectivity index (χ3v) is 4.76. The van der Waals surface area contributed by atoms with Gasteiger partial charge in [-0.2, -0.15) is 16.8 Å². The van der Waals surface area contributed by atoms with Crippen molar-refractivity contribution in [1.82, 2.24) is 0 Å². The molecule has 148 valence electrons. The first kappa shape index (κ1) is 25.8. The molecule has 2 N–H and O–H groups in total. The fraction of sp³-hybridized carbons (Fsp3) is 1.00. The first-order chi connectivity index (χ1) is 11.0. The Labute approximate surface area is 142 Å². The molecule has 0 fully saturated rings. The topological polar surface area (TPSA) is 127 Å². The van der Waals surface area contributed by atoms with Crippen LogP contribution in [0.25, 0.3) is 0 Å². The summed E-state index contributed by atoms with van der Waals surface area (Å²) in [5.74, 6) is -1.50. The van der Waals surface area contributed by atoms with Crippen molar-refractivity contribution in [3.8, 4) is 0 Å². The highest BCUT2D eigenvalue weighted by molar-refractivity contribution is 7.87. The molecular weight excluding hydrogens is 374 g/mol. The summed E-state index contributed by atoms with van der Waals surface area (Å²) < 4.78 is 76.5. The summed E-state index contributed by atoms with van der Waals surface area (Å²) in [6, 6.07) is 0. The van der Waals surface area contributed by atoms with Gasteiger partial charge in [-0.3, -0.25) is 8.37 Å². The number of aliphatic hydroxyl groups excluding tert-OH is 2. The van der Waals surface area contributed by atoms with Crippen LogP contribution in [-0.4, -0.2) is 77.3 Å². The molecule has 0 aromatic carbocycles. The van der Waals surface area contributed by atoms with Crippen LogP contribution >= 0.6 is 0 Å². The van der Waals surface area contributed by atoms with Crippen LogP contribution in [0.15, 0.2) is 0 Å². The van der Waals surface area contributed by atoms with Gasteiger partial charge in [0.15, 0.2) is 0 Å². The Morgan fingerprint density at radius 1 is 0.958 bits per heavy atom. The maximum Gasteiger partial charge on any atom is 0.270 e. The number of aliphatic hydroxyl groups is 2. The van der Waals surface area contributed by atoms with E-state index in [1.807, 2.05) is 0 Å². The molecule has 0 saturated carbocycles. The van der Waals surface area contributed by atoms with E-state index in [4.69, 9.17) is 10.2 Å². The molecule has 2 unspecified atom stereocenters. The van der Waals surface area contributed by atoms with Gasteiger partial charge < -0.3 is 10.2 Å². The fourth-order valence-electron chi connectivity index (χ4n) is 1.12. The number of rotatable bonds is 12. The first-order valence-electron chi connectivity index (χ1n) is 7.18. The second-order valence-electron chi connectivity index (χ2n) is 4.78. The molecule has 8 nitrogen and oxygen atoms in total. The standard InChI is InChI=1S/C8H16F2O6S2.C4H10O2/c1-8(16-18(13,14)7-4-10)2-5-15-17(11,12)6-3-9;1-4(6)2-3-5/h8H,2-7H2,1H3;4-6H,2-3H2,1H3. The SMILES string of the molecule is CC(CCOS(=O)(=O)CCF)OS(=O)(=O)CCF.CC(O)CCO. The van der Waals surface area contributed by atoms with Gasteiger partial charge in [0.2, 0.25) is 0 Å². The Balaban J connectivity index is 0. The van der Waals surface area contributed by atoms with E-state index >= 15 is 0 Å². The molecule has 24 heavy (non-hydrogen) atoms. The monoisotopic (exact) mass is 400 g/mol. The average molecular weight is 400 g/mol. The fourth-order valence-corrected chi connectivity index (χ4v) is 2.66. The summed E-state index contributed by atoms with van der Waals surface area (Å²) in [5, 5.41) is 16.5. The molecule has 2 atom stereocenters. The van der Waals surface area contributed by atoms with Gasteiger partial charge in [0.25, 0.3) is 20.2 Å². The maximum absolute atomic E-state index is 11.8. The largest absolute Gasteiger partial charge is 0.396 e. The molecule has 0 bridgehead atoms. The Morgan fingerprint density at radius 3 is 1.83 bits per heavy atom. The molecule has 0 amide bonds. The molecule has 0 rings (SSSR count). The van der Waals surface area contributed by atoms with E-state index in [2.05, 4.69) is 8.37 Å². The van der Waals surface area contributed by atoms with Crippen molar-refractivity contribution in [3.63, 3.8) is 0 Å². The van der Waals surface area contributed by atoms with Crippen molar-refractivity contribution in [2.75, 3.05) is 38.1 Å². The first-order valence-corrected chi connectivity index (χ1v) is 10.3. The minimum Gasteiger partial charge on any atom is -0.396 e. The summed E-state index contributed by atoms with van der Waals surface area (Å²) in [6.45, 7) is 0.666. The Bertz CT molecular complexity index is 493. The summed E-state index contributed by atoms with van der Waals surface area (Å²) in [6.07, 6.45) is -0.742. The predicted octanol–water partition coefficient (Wildman–Crippen LogP) is 0.146. The van der Waals surface area contributed by atoms with Crippen LogP contribution in [0.5, 0.6) is 0 Å². The molecule has 0 aliphatic rings. The van der Waals surface area contributed by atoms with E-state index in [1.165, 1.54) is 6.92 Å². The van der Waals surface area contributed by atoms with Crippen LogP contribution in [0, 0.1) is 0 Å². The molecule has 0 heterocycles. The van der Waals surface area contributed by atoms with Gasteiger partial charge >= 0.3 is 0 Å². The van der Waals surface area contributed by atoms with E-state index in [0.717, 1.165) is 0 Å². The van der Waals surface area contributed by atoms with Crippen molar-refractivity contribution in [2.45, 2.75) is 38.9 Å². The summed E-state index contributed by atoms with van der Waals surface area (Å²) in [7, 11) is -7.87. The molecule has 0 aromatic heterocycles. The second kappa shape index (κ2) is 13.8. The van der Waals surface area contributed by atoms with Gasteiger partial charge in [0, 0.05) is 6.61 Å². The van der Waals surface area contributed by atoms with Crippen molar-refractivity contribution >= 4 is 20.2 Å². The number of hydrogen-bond donors (Lipinski definition) is 2. The van der Waals surface area contributed by atoms with Crippen LogP contribution in [0.2, 0.25) is 0 Å². The van der Waals surface area contributed by atoms with Gasteiger partial charge in [0.1, 0.15) is 24.9 Å². The lowest BCUT2D eigenvalue weighted by molar-refractivity contribution is 0.148. The molecule has 0 radical (unpaired) electrons. The molecule has 0 spiro atoms. The highest BCUT2D eigenvalue weighted by atomic mass is 32.2. The molecule has 0 aromatic rings. The highest BCUT2D eigenvalue weighted by Crippen LogP contribution is 2.06. The Kier molecular flexibility index (Phi) is 14.9. The minimum absolute atomic E-state index is 0.0307. The maximum atomic E-state index is 11.8. The number of halogens is 2. The zero-order chi connectivity index (χ0) is 19.2. The predicted molar refractivity (Wildman–Crippen MR) is 84.0 cm³/mol. The van der Waals surface area contributed by atoms with Crippen molar-refractivity contribution in [1.29, 1.82) is 0 Å². The highest BCUT2D eigenvalue weighted by Gasteiger charge is 2.17. The van der Waals surface area contributed by atoms with Crippen LogP contribution in [0.1, 0.15) is 26.7 Å². The van der Waals surface area contributed by atoms with Crippen LogP contribution in [-0.2, 0) is 28.6 Å². The van der Waals surface area contributed by atoms with Crippen LogP contribution in [0.4, 0.5) is 8.78 Å². The van der Waals surface area contributed by atoms with E-state index in [9.17, 15) is 25.6 Å². The second-order valence-corrected chi connectivity index (χ2v) is 8.26. The number of alkyl halides is 2. The lowest BCUT2D eigenvalue weighted by atomic mass is 10.3. The van der Waals surface area contributed by atoms with Gasteiger partial charge in [0.05, 0.1) is 18.8 Å². The normalized spacial score (nSPS) is 14.6. The van der Waals surface area contributed by atoms with Gasteiger partial charge in [-0.25, -0.2) is 8.78 Å². The summed E-state index contributed by atoms with van der Waals surface area (Å²) in [5.41, 5.74) is 0. The zero-order valence-electron chi connectivity index (χ0n) is 13.7. The van der Waals surface area contributed by atoms with Gasteiger partial charge in [-0.15, -0.1) is 0 Å². The van der Waals surface area contributed by atoms with Gasteiger partial charge in [-0.05, 0) is 26.7 Å². The summed E-state index contributed by atoms with van der Waals surface area (Å²) >= 11 is 0. The smallest absolute Gasteiger partial charge is 0.270 e. The number of hydrogen-bond acceptors (Lipinski definition) is 8. The molecule has 0 aliphatic heterocycles. The zero-order valence-corrected chi connectivity index (χ0v) is 15.4. The average Bonchev–Trinajstić information content (AvgIpc) is 2.37. The lowest BCUT2D eigenvalue weighted by Gasteiger charge is -2.12. The Hall–Kier alpha value is -0.400.